The number of aromatic nitrogens is 1. The Kier molecular flexibility index (Phi) is 6.11. The number of pyridine rings is 1. The van der Waals surface area contributed by atoms with E-state index in [2.05, 4.69) is 31.4 Å². The second-order valence-electron chi connectivity index (χ2n) is 5.42. The topological polar surface area (TPSA) is 63.6 Å². The molecule has 1 heterocycles. The summed E-state index contributed by atoms with van der Waals surface area (Å²) in [6.07, 6.45) is 4.89. The van der Waals surface area contributed by atoms with Crippen molar-refractivity contribution < 1.29 is 9.53 Å². The molecule has 3 rings (SSSR count). The number of carbonyl (C=O) groups excluding carboxylic acids is 1. The van der Waals surface area contributed by atoms with E-state index in [4.69, 9.17) is 4.74 Å². The van der Waals surface area contributed by atoms with E-state index in [1.165, 1.54) is 0 Å². The van der Waals surface area contributed by atoms with Crippen LogP contribution in [0.3, 0.4) is 0 Å². The van der Waals surface area contributed by atoms with Crippen LogP contribution in [0.1, 0.15) is 21.5 Å². The summed E-state index contributed by atoms with van der Waals surface area (Å²) in [5.41, 5.74) is 4.92. The van der Waals surface area contributed by atoms with E-state index in [-0.39, 0.29) is 5.91 Å². The minimum atomic E-state index is -0.283. The quantitative estimate of drug-likeness (QED) is 0.490. The minimum Gasteiger partial charge on any atom is -0.489 e. The molecule has 0 bridgehead atoms. The third kappa shape index (κ3) is 5.26. The van der Waals surface area contributed by atoms with Gasteiger partial charge in [-0.15, -0.1) is 0 Å². The number of rotatable bonds is 6. The zero-order valence-electron chi connectivity index (χ0n) is 13.8. The van der Waals surface area contributed by atoms with Crippen molar-refractivity contribution in [3.05, 3.63) is 94.2 Å². The maximum absolute atomic E-state index is 12.1. The van der Waals surface area contributed by atoms with Crippen molar-refractivity contribution >= 4 is 28.1 Å². The fourth-order valence-corrected chi connectivity index (χ4v) is 2.62. The Bertz CT molecular complexity index is 896. The van der Waals surface area contributed by atoms with E-state index < -0.39 is 0 Å². The van der Waals surface area contributed by atoms with Gasteiger partial charge in [0.1, 0.15) is 12.4 Å². The average molecular weight is 410 g/mol. The van der Waals surface area contributed by atoms with Gasteiger partial charge in [0.15, 0.2) is 0 Å². The molecule has 3 aromatic rings. The molecule has 26 heavy (non-hydrogen) atoms. The highest BCUT2D eigenvalue weighted by Crippen LogP contribution is 2.16. The van der Waals surface area contributed by atoms with Crippen LogP contribution in [-0.2, 0) is 6.61 Å². The number of hydrazone groups is 1. The van der Waals surface area contributed by atoms with Gasteiger partial charge in [-0.25, -0.2) is 5.43 Å². The number of nitrogens with zero attached hydrogens (tertiary/aromatic N) is 2. The Hall–Kier alpha value is -2.99. The van der Waals surface area contributed by atoms with Crippen molar-refractivity contribution in [1.82, 2.24) is 10.4 Å². The van der Waals surface area contributed by atoms with Crippen molar-refractivity contribution in [2.75, 3.05) is 0 Å². The summed E-state index contributed by atoms with van der Waals surface area (Å²) >= 11 is 3.43. The summed E-state index contributed by atoms with van der Waals surface area (Å²) in [6.45, 7) is 0.460. The Labute approximate surface area is 159 Å². The predicted octanol–water partition coefficient (Wildman–Crippen LogP) is 4.19. The number of nitrogens with one attached hydrogen (secondary N) is 1. The van der Waals surface area contributed by atoms with Crippen molar-refractivity contribution in [1.29, 1.82) is 0 Å². The summed E-state index contributed by atoms with van der Waals surface area (Å²) < 4.78 is 6.74. The molecular weight excluding hydrogens is 394 g/mol. The van der Waals surface area contributed by atoms with E-state index in [9.17, 15) is 4.79 Å². The summed E-state index contributed by atoms with van der Waals surface area (Å²) in [6, 6.07) is 18.5. The molecule has 0 fully saturated rings. The molecule has 1 aromatic heterocycles. The maximum atomic E-state index is 12.1. The van der Waals surface area contributed by atoms with Crippen LogP contribution in [0.15, 0.2) is 82.6 Å². The monoisotopic (exact) mass is 409 g/mol. The molecule has 0 spiro atoms. The first-order valence-corrected chi connectivity index (χ1v) is 8.71. The van der Waals surface area contributed by atoms with Crippen LogP contribution in [0.5, 0.6) is 5.75 Å². The van der Waals surface area contributed by atoms with E-state index in [1.54, 1.807) is 55.0 Å². The smallest absolute Gasteiger partial charge is 0.271 e. The number of hydrogen-bond donors (Lipinski definition) is 1. The van der Waals surface area contributed by atoms with Gasteiger partial charge in [-0.3, -0.25) is 9.78 Å². The number of carbonyl (C=O) groups is 1. The Morgan fingerprint density at radius 1 is 1.12 bits per heavy atom. The number of hydrogen-bond acceptors (Lipinski definition) is 4. The molecule has 6 heteroatoms. The standard InChI is InChI=1S/C20H16BrN3O2/c21-18-3-1-2-16(12-18)14-26-19-6-4-17(5-7-19)20(25)24-23-13-15-8-10-22-11-9-15/h1-13H,14H2,(H,24,25). The second kappa shape index (κ2) is 8.92. The Morgan fingerprint density at radius 3 is 2.62 bits per heavy atom. The van der Waals surface area contributed by atoms with Crippen LogP contribution >= 0.6 is 15.9 Å². The summed E-state index contributed by atoms with van der Waals surface area (Å²) in [5.74, 6) is 0.413. The molecule has 5 nitrogen and oxygen atoms in total. The van der Waals surface area contributed by atoms with Gasteiger partial charge >= 0.3 is 0 Å². The van der Waals surface area contributed by atoms with Gasteiger partial charge in [0.25, 0.3) is 5.91 Å². The van der Waals surface area contributed by atoms with E-state index in [1.807, 2.05) is 24.3 Å². The van der Waals surface area contributed by atoms with Gasteiger partial charge in [0.2, 0.25) is 0 Å². The molecule has 0 saturated heterocycles. The largest absolute Gasteiger partial charge is 0.489 e. The lowest BCUT2D eigenvalue weighted by molar-refractivity contribution is 0.0955. The molecule has 0 saturated carbocycles. The van der Waals surface area contributed by atoms with Crippen LogP contribution in [0.2, 0.25) is 0 Å². The van der Waals surface area contributed by atoms with E-state index in [0.29, 0.717) is 17.9 Å². The van der Waals surface area contributed by atoms with Crippen LogP contribution in [-0.4, -0.2) is 17.1 Å². The van der Waals surface area contributed by atoms with Gasteiger partial charge in [-0.1, -0.05) is 28.1 Å². The summed E-state index contributed by atoms with van der Waals surface area (Å²) in [4.78, 5) is 16.0. The van der Waals surface area contributed by atoms with Crippen molar-refractivity contribution in [2.45, 2.75) is 6.61 Å². The molecule has 0 aliphatic heterocycles. The van der Waals surface area contributed by atoms with Gasteiger partial charge in [0.05, 0.1) is 6.21 Å². The number of amides is 1. The van der Waals surface area contributed by atoms with E-state index >= 15 is 0 Å². The SMILES string of the molecule is O=C(NN=Cc1ccncc1)c1ccc(OCc2cccc(Br)c2)cc1. The second-order valence-corrected chi connectivity index (χ2v) is 6.34. The average Bonchev–Trinajstić information content (AvgIpc) is 2.68. The van der Waals surface area contributed by atoms with Crippen molar-refractivity contribution in [2.24, 2.45) is 5.10 Å². The van der Waals surface area contributed by atoms with Crippen LogP contribution in [0.4, 0.5) is 0 Å². The van der Waals surface area contributed by atoms with E-state index in [0.717, 1.165) is 15.6 Å². The first-order chi connectivity index (χ1) is 12.7. The third-order valence-corrected chi connectivity index (χ3v) is 3.99. The molecule has 0 aliphatic carbocycles. The summed E-state index contributed by atoms with van der Waals surface area (Å²) in [5, 5.41) is 3.94. The fourth-order valence-electron chi connectivity index (χ4n) is 2.18. The minimum absolute atomic E-state index is 0.283. The lowest BCUT2D eigenvalue weighted by Gasteiger charge is -2.07. The highest BCUT2D eigenvalue weighted by Gasteiger charge is 2.04. The van der Waals surface area contributed by atoms with Gasteiger partial charge in [0, 0.05) is 22.4 Å². The number of ether oxygens (including phenoxy) is 1. The number of halogens is 1. The lowest BCUT2D eigenvalue weighted by Crippen LogP contribution is -2.17. The molecule has 0 unspecified atom stereocenters. The van der Waals surface area contributed by atoms with Gasteiger partial charge < -0.3 is 4.74 Å². The Morgan fingerprint density at radius 2 is 1.88 bits per heavy atom. The Balaban J connectivity index is 1.53. The van der Waals surface area contributed by atoms with Crippen LogP contribution in [0.25, 0.3) is 0 Å². The molecule has 2 aromatic carbocycles. The normalized spacial score (nSPS) is 10.7. The van der Waals surface area contributed by atoms with Gasteiger partial charge in [-0.05, 0) is 59.7 Å². The lowest BCUT2D eigenvalue weighted by atomic mass is 10.2. The predicted molar refractivity (Wildman–Crippen MR) is 104 cm³/mol. The van der Waals surface area contributed by atoms with Gasteiger partial charge in [-0.2, -0.15) is 5.10 Å². The first kappa shape index (κ1) is 17.8. The highest BCUT2D eigenvalue weighted by atomic mass is 79.9. The molecule has 1 N–H and O–H groups in total. The summed E-state index contributed by atoms with van der Waals surface area (Å²) in [7, 11) is 0. The first-order valence-electron chi connectivity index (χ1n) is 7.91. The number of benzene rings is 2. The van der Waals surface area contributed by atoms with Crippen LogP contribution < -0.4 is 10.2 Å². The zero-order valence-corrected chi connectivity index (χ0v) is 15.4. The zero-order chi connectivity index (χ0) is 18.2. The molecule has 0 radical (unpaired) electrons. The fraction of sp³-hybridized carbons (Fsp3) is 0.0500. The maximum Gasteiger partial charge on any atom is 0.271 e. The molecule has 0 atom stereocenters. The van der Waals surface area contributed by atoms with Crippen LogP contribution in [0, 0.1) is 0 Å². The molecule has 130 valence electrons. The van der Waals surface area contributed by atoms with Crippen molar-refractivity contribution in [3.8, 4) is 5.75 Å². The third-order valence-electron chi connectivity index (χ3n) is 3.50. The highest BCUT2D eigenvalue weighted by molar-refractivity contribution is 9.10. The molecule has 1 amide bonds. The molecule has 0 aliphatic rings. The van der Waals surface area contributed by atoms with Crippen molar-refractivity contribution in [3.63, 3.8) is 0 Å². The molecular formula is C20H16BrN3O2.